The summed E-state index contributed by atoms with van der Waals surface area (Å²) >= 11 is 1.50. The normalized spacial score (nSPS) is 12.3. The first kappa shape index (κ1) is 12.8. The van der Waals surface area contributed by atoms with Gasteiger partial charge in [-0.2, -0.15) is 5.26 Å². The average molecular weight is 240 g/mol. The third-order valence-corrected chi connectivity index (χ3v) is 3.57. The molecule has 5 nitrogen and oxygen atoms in total. The fourth-order valence-corrected chi connectivity index (χ4v) is 2.36. The third-order valence-electron chi connectivity index (χ3n) is 2.22. The van der Waals surface area contributed by atoms with E-state index >= 15 is 0 Å². The minimum absolute atomic E-state index is 0.170. The zero-order chi connectivity index (χ0) is 12.0. The van der Waals surface area contributed by atoms with Crippen LogP contribution in [0.5, 0.6) is 0 Å². The Hall–Kier alpha value is -1.22. The van der Waals surface area contributed by atoms with E-state index in [1.54, 1.807) is 4.57 Å². The second-order valence-corrected chi connectivity index (χ2v) is 4.74. The molecule has 88 valence electrons. The molecule has 1 aromatic heterocycles. The quantitative estimate of drug-likeness (QED) is 0.769. The van der Waals surface area contributed by atoms with Crippen molar-refractivity contribution in [2.45, 2.75) is 50.1 Å². The first-order valence-electron chi connectivity index (χ1n) is 5.41. The molecule has 16 heavy (non-hydrogen) atoms. The number of hydrogen-bond acceptors (Lipinski definition) is 4. The fraction of sp³-hybridized carbons (Fsp3) is 0.700. The van der Waals surface area contributed by atoms with Crippen LogP contribution in [0.3, 0.4) is 0 Å². The van der Waals surface area contributed by atoms with Gasteiger partial charge in [-0.25, -0.2) is 9.89 Å². The molecule has 1 unspecified atom stereocenters. The molecule has 0 aliphatic carbocycles. The Labute approximate surface area is 98.9 Å². The monoisotopic (exact) mass is 240 g/mol. The van der Waals surface area contributed by atoms with Gasteiger partial charge >= 0.3 is 5.69 Å². The molecular formula is C10H16N4OS. The zero-order valence-electron chi connectivity index (χ0n) is 9.56. The number of hydrogen-bond donors (Lipinski definition) is 1. The number of H-pyrrole nitrogens is 1. The second kappa shape index (κ2) is 6.38. The molecule has 1 N–H and O–H groups in total. The van der Waals surface area contributed by atoms with E-state index < -0.39 is 0 Å². The van der Waals surface area contributed by atoms with Gasteiger partial charge in [0, 0.05) is 18.2 Å². The molecule has 0 radical (unpaired) electrons. The van der Waals surface area contributed by atoms with Crippen molar-refractivity contribution < 1.29 is 0 Å². The standard InChI is InChI=1S/C10H16N4OS/c1-3-7-14-9(15)12-13-10(14)16-8(4-2)5-6-11/h8H,3-5,7H2,1-2H3,(H,12,15). The predicted molar refractivity (Wildman–Crippen MR) is 63.3 cm³/mol. The van der Waals surface area contributed by atoms with Crippen molar-refractivity contribution in [2.75, 3.05) is 0 Å². The van der Waals surface area contributed by atoms with E-state index in [-0.39, 0.29) is 10.9 Å². The van der Waals surface area contributed by atoms with E-state index in [0.29, 0.717) is 18.1 Å². The van der Waals surface area contributed by atoms with Crippen molar-refractivity contribution in [1.29, 1.82) is 5.26 Å². The first-order chi connectivity index (χ1) is 7.72. The number of aromatic nitrogens is 3. The molecule has 0 fully saturated rings. The highest BCUT2D eigenvalue weighted by atomic mass is 32.2. The summed E-state index contributed by atoms with van der Waals surface area (Å²) in [6, 6.07) is 2.15. The summed E-state index contributed by atoms with van der Waals surface area (Å²) in [6.07, 6.45) is 2.27. The van der Waals surface area contributed by atoms with Crippen molar-refractivity contribution in [3.8, 4) is 6.07 Å². The van der Waals surface area contributed by atoms with Gasteiger partial charge in [0.25, 0.3) is 0 Å². The van der Waals surface area contributed by atoms with Gasteiger partial charge in [0.2, 0.25) is 0 Å². The smallest absolute Gasteiger partial charge is 0.270 e. The molecule has 0 amide bonds. The van der Waals surface area contributed by atoms with Crippen molar-refractivity contribution >= 4 is 11.8 Å². The van der Waals surface area contributed by atoms with Crippen LogP contribution in [0.4, 0.5) is 0 Å². The Morgan fingerprint density at radius 1 is 1.62 bits per heavy atom. The molecule has 0 aliphatic heterocycles. The lowest BCUT2D eigenvalue weighted by Gasteiger charge is -2.09. The summed E-state index contributed by atoms with van der Waals surface area (Å²) in [7, 11) is 0. The maximum atomic E-state index is 11.4. The molecule has 1 rings (SSSR count). The van der Waals surface area contributed by atoms with Gasteiger partial charge < -0.3 is 0 Å². The maximum Gasteiger partial charge on any atom is 0.343 e. The van der Waals surface area contributed by atoms with Crippen LogP contribution >= 0.6 is 11.8 Å². The summed E-state index contributed by atoms with van der Waals surface area (Å²) in [6.45, 7) is 4.71. The van der Waals surface area contributed by atoms with Gasteiger partial charge in [-0.3, -0.25) is 4.57 Å². The second-order valence-electron chi connectivity index (χ2n) is 3.47. The van der Waals surface area contributed by atoms with E-state index in [1.165, 1.54) is 11.8 Å². The number of nitriles is 1. The van der Waals surface area contributed by atoms with E-state index in [1.807, 2.05) is 13.8 Å². The predicted octanol–water partition coefficient (Wildman–Crippen LogP) is 1.77. The van der Waals surface area contributed by atoms with Crippen LogP contribution in [-0.4, -0.2) is 20.0 Å². The Morgan fingerprint density at radius 2 is 2.38 bits per heavy atom. The Morgan fingerprint density at radius 3 is 2.94 bits per heavy atom. The molecule has 0 bridgehead atoms. The highest BCUT2D eigenvalue weighted by molar-refractivity contribution is 7.99. The van der Waals surface area contributed by atoms with Crippen molar-refractivity contribution in [3.63, 3.8) is 0 Å². The molecule has 0 saturated carbocycles. The zero-order valence-corrected chi connectivity index (χ0v) is 10.4. The van der Waals surface area contributed by atoms with Crippen LogP contribution in [-0.2, 0) is 6.54 Å². The van der Waals surface area contributed by atoms with E-state index in [9.17, 15) is 4.79 Å². The van der Waals surface area contributed by atoms with E-state index in [4.69, 9.17) is 5.26 Å². The lowest BCUT2D eigenvalue weighted by Crippen LogP contribution is -2.17. The lowest BCUT2D eigenvalue weighted by atomic mass is 10.3. The van der Waals surface area contributed by atoms with Gasteiger partial charge in [-0.1, -0.05) is 25.6 Å². The Kier molecular flexibility index (Phi) is 5.12. The lowest BCUT2D eigenvalue weighted by molar-refractivity contribution is 0.602. The highest BCUT2D eigenvalue weighted by Crippen LogP contribution is 2.24. The topological polar surface area (TPSA) is 74.5 Å². The average Bonchev–Trinajstić information content (AvgIpc) is 2.61. The van der Waals surface area contributed by atoms with Crippen LogP contribution in [0, 0.1) is 11.3 Å². The highest BCUT2D eigenvalue weighted by Gasteiger charge is 2.14. The van der Waals surface area contributed by atoms with Crippen LogP contribution in [0.25, 0.3) is 0 Å². The number of nitrogens with zero attached hydrogens (tertiary/aromatic N) is 3. The third kappa shape index (κ3) is 3.14. The van der Waals surface area contributed by atoms with E-state index in [0.717, 1.165) is 12.8 Å². The summed E-state index contributed by atoms with van der Waals surface area (Å²) in [5.74, 6) is 0. The van der Waals surface area contributed by atoms with Crippen molar-refractivity contribution in [2.24, 2.45) is 0 Å². The molecule has 0 saturated heterocycles. The maximum absolute atomic E-state index is 11.4. The van der Waals surface area contributed by atoms with Gasteiger partial charge in [-0.15, -0.1) is 5.10 Å². The summed E-state index contributed by atoms with van der Waals surface area (Å²) in [5, 5.41) is 16.0. The van der Waals surface area contributed by atoms with E-state index in [2.05, 4.69) is 16.3 Å². The van der Waals surface area contributed by atoms with Crippen LogP contribution < -0.4 is 5.69 Å². The SMILES string of the molecule is CCCn1c(SC(CC)CC#N)n[nH]c1=O. The molecule has 6 heteroatoms. The Balaban J connectivity index is 2.80. The molecule has 0 spiro atoms. The molecule has 1 atom stereocenters. The summed E-state index contributed by atoms with van der Waals surface area (Å²) < 4.78 is 1.63. The van der Waals surface area contributed by atoms with Crippen LogP contribution in [0.15, 0.2) is 9.95 Å². The van der Waals surface area contributed by atoms with Crippen molar-refractivity contribution in [1.82, 2.24) is 14.8 Å². The molecule has 1 heterocycles. The summed E-state index contributed by atoms with van der Waals surface area (Å²) in [4.78, 5) is 11.4. The first-order valence-corrected chi connectivity index (χ1v) is 6.29. The van der Waals surface area contributed by atoms with Crippen LogP contribution in [0.2, 0.25) is 0 Å². The number of aromatic amines is 1. The minimum atomic E-state index is -0.170. The number of rotatable bonds is 6. The Bertz CT molecular complexity index is 417. The largest absolute Gasteiger partial charge is 0.343 e. The molecule has 0 aromatic carbocycles. The van der Waals surface area contributed by atoms with Gasteiger partial charge in [0.15, 0.2) is 5.16 Å². The molecule has 0 aliphatic rings. The fourth-order valence-electron chi connectivity index (χ4n) is 1.33. The number of nitrogens with one attached hydrogen (secondary N) is 1. The van der Waals surface area contributed by atoms with Crippen molar-refractivity contribution in [3.05, 3.63) is 10.5 Å². The summed E-state index contributed by atoms with van der Waals surface area (Å²) in [5.41, 5.74) is -0.170. The molecule has 1 aromatic rings. The minimum Gasteiger partial charge on any atom is -0.270 e. The molecular weight excluding hydrogens is 224 g/mol. The number of thioether (sulfide) groups is 1. The van der Waals surface area contributed by atoms with Gasteiger partial charge in [-0.05, 0) is 12.8 Å². The van der Waals surface area contributed by atoms with Crippen LogP contribution in [0.1, 0.15) is 33.1 Å². The van der Waals surface area contributed by atoms with Gasteiger partial charge in [0.05, 0.1) is 6.07 Å². The van der Waals surface area contributed by atoms with Gasteiger partial charge in [0.1, 0.15) is 0 Å².